The van der Waals surface area contributed by atoms with Crippen molar-refractivity contribution in [1.29, 1.82) is 0 Å². The Bertz CT molecular complexity index is 2310. The third-order valence-electron chi connectivity index (χ3n) is 10.9. The number of aromatic nitrogens is 2. The summed E-state index contributed by atoms with van der Waals surface area (Å²) in [5.41, 5.74) is -1.19. The summed E-state index contributed by atoms with van der Waals surface area (Å²) in [5, 5.41) is 10.3. The van der Waals surface area contributed by atoms with Crippen molar-refractivity contribution < 1.29 is 46.6 Å². The highest BCUT2D eigenvalue weighted by molar-refractivity contribution is 7.91. The number of nitrogens with one attached hydrogen (secondary N) is 4. The molecule has 17 nitrogen and oxygen atoms in total. The first-order chi connectivity index (χ1) is 28.8. The summed E-state index contributed by atoms with van der Waals surface area (Å²) in [6.07, 6.45) is 5.90. The number of allylic oxidation sites excluding steroid dienone is 1. The molecule has 5 atom stereocenters. The van der Waals surface area contributed by atoms with E-state index in [4.69, 9.17) is 19.2 Å². The van der Waals surface area contributed by atoms with E-state index in [0.717, 1.165) is 12.8 Å². The molecular weight excluding hydrogens is 827 g/mol. The predicted molar refractivity (Wildman–Crippen MR) is 229 cm³/mol. The molecule has 2 aliphatic heterocycles. The first-order valence-electron chi connectivity index (χ1n) is 20.5. The third-order valence-corrected chi connectivity index (χ3v) is 13.5. The van der Waals surface area contributed by atoms with E-state index in [1.165, 1.54) is 37.2 Å². The number of alkyl carbamates (subject to hydrolysis) is 1. The molecule has 61 heavy (non-hydrogen) atoms. The van der Waals surface area contributed by atoms with Gasteiger partial charge in [-0.05, 0) is 71.9 Å². The fourth-order valence-corrected chi connectivity index (χ4v) is 9.43. The normalized spacial score (nSPS) is 24.7. The zero-order valence-electron chi connectivity index (χ0n) is 35.5. The van der Waals surface area contributed by atoms with Crippen molar-refractivity contribution in [3.8, 4) is 22.9 Å². The second-order valence-electron chi connectivity index (χ2n) is 17.0. The van der Waals surface area contributed by atoms with Crippen molar-refractivity contribution in [3.05, 3.63) is 41.8 Å². The van der Waals surface area contributed by atoms with Gasteiger partial charge in [-0.2, -0.15) is 0 Å². The Kier molecular flexibility index (Phi) is 13.6. The Hall–Kier alpha value is -5.30. The smallest absolute Gasteiger partial charge is 0.408 e. The number of benzene rings is 1. The molecule has 1 aromatic carbocycles. The topological polar surface area (TPSA) is 224 Å². The number of thiazole rings is 1. The molecule has 0 bridgehead atoms. The maximum atomic E-state index is 14.7. The summed E-state index contributed by atoms with van der Waals surface area (Å²) in [6.45, 7) is 9.65. The van der Waals surface area contributed by atoms with Gasteiger partial charge >= 0.3 is 6.09 Å². The van der Waals surface area contributed by atoms with Gasteiger partial charge in [0.1, 0.15) is 46.5 Å². The van der Waals surface area contributed by atoms with E-state index in [9.17, 15) is 32.4 Å². The minimum absolute atomic E-state index is 0.0301. The second kappa shape index (κ2) is 18.4. The Balaban J connectivity index is 1.38. The molecule has 19 heteroatoms. The van der Waals surface area contributed by atoms with Crippen LogP contribution in [0.25, 0.3) is 22.3 Å². The van der Waals surface area contributed by atoms with Crippen LogP contribution in [0, 0.1) is 5.92 Å². The molecule has 0 spiro atoms. The summed E-state index contributed by atoms with van der Waals surface area (Å²) >= 11 is 1.23. The molecule has 1 saturated carbocycles. The Morgan fingerprint density at radius 1 is 1.03 bits per heavy atom. The van der Waals surface area contributed by atoms with Crippen molar-refractivity contribution in [2.75, 3.05) is 19.0 Å². The number of pyridine rings is 1. The second-order valence-corrected chi connectivity index (χ2v) is 19.8. The van der Waals surface area contributed by atoms with Crippen LogP contribution in [0.4, 0.5) is 9.93 Å². The number of fused-ring (bicyclic) bond motifs is 2. The summed E-state index contributed by atoms with van der Waals surface area (Å²) in [6, 6.07) is 4.70. The van der Waals surface area contributed by atoms with E-state index < -0.39 is 74.3 Å². The number of rotatable bonds is 9. The summed E-state index contributed by atoms with van der Waals surface area (Å²) in [5.74, 6) is -2.17. The molecule has 2 aromatic heterocycles. The summed E-state index contributed by atoms with van der Waals surface area (Å²) in [7, 11) is -2.44. The SMILES string of the molecule is COc1ccc2c(OC3C[C@H]4C(=O)N[C@@](C)(C(=O)NS(=O)(=O)C5CC5)C(C)/C=C\CCCCC[C@H](NC(=O)OC(C)(C)C)C(=O)N4C3)cc(-c3csc(NC(C)=O)n3)nc2c1. The van der Waals surface area contributed by atoms with Crippen LogP contribution >= 0.6 is 11.3 Å². The molecule has 4 N–H and O–H groups in total. The Labute approximate surface area is 359 Å². The standard InChI is InChI=1S/C42H55N7O10S2/c1-24-13-11-9-8-10-12-14-30(46-40(54)59-41(3,4)5)37(52)49-22-27(20-34(49)36(51)47-42(24,6)38(53)48-61(55,56)28-16-17-28)58-35-21-32(33-23-60-39(45-33)43-25(2)50)44-31-19-26(57-7)15-18-29(31)35/h11,13,15,18-19,21,23-24,27-28,30,34H,8-10,12,14,16-17,20,22H2,1-7H3,(H,46,54)(H,47,51)(H,48,53)(H,43,45,50)/b13-11-/t24?,27?,30-,34-,42+/m0/s1. The number of methoxy groups -OCH3 is 1. The van der Waals surface area contributed by atoms with E-state index >= 15 is 0 Å². The average molecular weight is 882 g/mol. The van der Waals surface area contributed by atoms with Gasteiger partial charge in [-0.15, -0.1) is 11.3 Å². The van der Waals surface area contributed by atoms with Gasteiger partial charge in [-0.25, -0.2) is 23.2 Å². The van der Waals surface area contributed by atoms with Crippen LogP contribution in [0.3, 0.4) is 0 Å². The number of ether oxygens (including phenoxy) is 3. The Morgan fingerprint density at radius 2 is 1.79 bits per heavy atom. The lowest BCUT2D eigenvalue weighted by molar-refractivity contribution is -0.142. The van der Waals surface area contributed by atoms with Crippen LogP contribution < -0.4 is 30.1 Å². The van der Waals surface area contributed by atoms with Crippen LogP contribution in [-0.4, -0.2) is 101 Å². The molecule has 1 saturated heterocycles. The maximum Gasteiger partial charge on any atom is 0.408 e. The van der Waals surface area contributed by atoms with Gasteiger partial charge in [0, 0.05) is 42.2 Å². The highest BCUT2D eigenvalue weighted by atomic mass is 32.2. The lowest BCUT2D eigenvalue weighted by atomic mass is 9.85. The molecule has 6 rings (SSSR count). The monoisotopic (exact) mass is 881 g/mol. The van der Waals surface area contributed by atoms with E-state index in [-0.39, 0.29) is 25.3 Å². The summed E-state index contributed by atoms with van der Waals surface area (Å²) in [4.78, 5) is 79.0. The number of nitrogens with zero attached hydrogens (tertiary/aromatic N) is 3. The molecule has 3 aromatic rings. The third kappa shape index (κ3) is 11.2. The van der Waals surface area contributed by atoms with Gasteiger partial charge in [-0.1, -0.05) is 31.9 Å². The molecule has 1 aliphatic carbocycles. The highest BCUT2D eigenvalue weighted by Gasteiger charge is 2.49. The number of hydrogen-bond donors (Lipinski definition) is 4. The van der Waals surface area contributed by atoms with Gasteiger partial charge < -0.3 is 35.1 Å². The average Bonchev–Trinajstić information content (AvgIpc) is 3.82. The van der Waals surface area contributed by atoms with Gasteiger partial charge in [0.2, 0.25) is 27.7 Å². The molecule has 2 fully saturated rings. The Morgan fingerprint density at radius 3 is 2.48 bits per heavy atom. The van der Waals surface area contributed by atoms with Crippen molar-refractivity contribution >= 4 is 67.1 Å². The number of sulfonamides is 1. The van der Waals surface area contributed by atoms with Crippen LogP contribution in [-0.2, 0) is 33.9 Å². The van der Waals surface area contributed by atoms with E-state index in [1.807, 2.05) is 6.08 Å². The largest absolute Gasteiger partial charge is 0.497 e. The van der Waals surface area contributed by atoms with Crippen molar-refractivity contribution in [3.63, 3.8) is 0 Å². The fourth-order valence-electron chi connectivity index (χ4n) is 7.29. The summed E-state index contributed by atoms with van der Waals surface area (Å²) < 4.78 is 45.9. The first-order valence-corrected chi connectivity index (χ1v) is 22.9. The molecular formula is C42H55N7O10S2. The molecule has 0 radical (unpaired) electrons. The molecule has 3 aliphatic rings. The highest BCUT2D eigenvalue weighted by Crippen LogP contribution is 2.36. The minimum atomic E-state index is -3.98. The van der Waals surface area contributed by atoms with Crippen LogP contribution in [0.2, 0.25) is 0 Å². The lowest BCUT2D eigenvalue weighted by Crippen LogP contribution is -2.64. The zero-order chi connectivity index (χ0) is 44.3. The number of carbonyl (C=O) groups is 5. The molecule has 330 valence electrons. The van der Waals surface area contributed by atoms with Crippen molar-refractivity contribution in [2.45, 2.75) is 127 Å². The number of amides is 5. The van der Waals surface area contributed by atoms with Gasteiger partial charge in [0.25, 0.3) is 5.91 Å². The maximum absolute atomic E-state index is 14.7. The van der Waals surface area contributed by atoms with E-state index in [2.05, 4.69) is 25.7 Å². The minimum Gasteiger partial charge on any atom is -0.497 e. The number of anilines is 1. The van der Waals surface area contributed by atoms with Gasteiger partial charge in [0.15, 0.2) is 5.13 Å². The zero-order valence-corrected chi connectivity index (χ0v) is 37.2. The van der Waals surface area contributed by atoms with Crippen LogP contribution in [0.1, 0.15) is 92.9 Å². The van der Waals surface area contributed by atoms with Crippen LogP contribution in [0.5, 0.6) is 11.5 Å². The van der Waals surface area contributed by atoms with Gasteiger partial charge in [-0.3, -0.25) is 23.9 Å². The fraction of sp³-hybridized carbons (Fsp3) is 0.548. The van der Waals surface area contributed by atoms with E-state index in [1.54, 1.807) is 63.4 Å². The van der Waals surface area contributed by atoms with E-state index in [0.29, 0.717) is 64.6 Å². The molecule has 5 amide bonds. The van der Waals surface area contributed by atoms with Crippen molar-refractivity contribution in [1.82, 2.24) is 30.2 Å². The lowest BCUT2D eigenvalue weighted by Gasteiger charge is -2.36. The molecule has 2 unspecified atom stereocenters. The van der Waals surface area contributed by atoms with Crippen LogP contribution in [0.15, 0.2) is 41.8 Å². The van der Waals surface area contributed by atoms with Crippen molar-refractivity contribution in [2.24, 2.45) is 5.92 Å². The number of hydrogen-bond acceptors (Lipinski definition) is 13. The number of carbonyl (C=O) groups excluding carboxylic acids is 5. The first kappa shape index (κ1) is 45.2. The molecule has 4 heterocycles. The van der Waals surface area contributed by atoms with Gasteiger partial charge in [0.05, 0.1) is 30.1 Å². The predicted octanol–water partition coefficient (Wildman–Crippen LogP) is 5.21. The quantitative estimate of drug-likeness (QED) is 0.204.